The van der Waals surface area contributed by atoms with E-state index in [1.165, 1.54) is 12.8 Å². The van der Waals surface area contributed by atoms with Crippen LogP contribution < -0.4 is 5.32 Å². The van der Waals surface area contributed by atoms with Gasteiger partial charge >= 0.3 is 0 Å². The van der Waals surface area contributed by atoms with Crippen molar-refractivity contribution in [2.24, 2.45) is 0 Å². The van der Waals surface area contributed by atoms with E-state index < -0.39 is 6.10 Å². The van der Waals surface area contributed by atoms with E-state index >= 15 is 0 Å². The average Bonchev–Trinajstić information content (AvgIpc) is 2.77. The van der Waals surface area contributed by atoms with E-state index in [0.29, 0.717) is 6.04 Å². The Labute approximate surface area is 102 Å². The SMILES string of the molecule is CCCC1CCC([C@H](O)c2cccc(O)c2)N1. The average molecular weight is 235 g/mol. The molecule has 1 aliphatic heterocycles. The number of hydrogen-bond donors (Lipinski definition) is 3. The number of hydrogen-bond acceptors (Lipinski definition) is 3. The van der Waals surface area contributed by atoms with Crippen molar-refractivity contribution in [3.05, 3.63) is 29.8 Å². The van der Waals surface area contributed by atoms with E-state index in [0.717, 1.165) is 18.4 Å². The lowest BCUT2D eigenvalue weighted by Crippen LogP contribution is -2.33. The van der Waals surface area contributed by atoms with Crippen LogP contribution in [0.5, 0.6) is 5.75 Å². The van der Waals surface area contributed by atoms with Gasteiger partial charge in [0.1, 0.15) is 5.75 Å². The van der Waals surface area contributed by atoms with Crippen LogP contribution in [-0.2, 0) is 0 Å². The predicted octanol–water partition coefficient (Wildman–Crippen LogP) is 2.35. The second-order valence-electron chi connectivity index (χ2n) is 4.88. The van der Waals surface area contributed by atoms with Crippen LogP contribution in [0.1, 0.15) is 44.3 Å². The topological polar surface area (TPSA) is 52.5 Å². The van der Waals surface area contributed by atoms with Crippen molar-refractivity contribution in [1.82, 2.24) is 5.32 Å². The Morgan fingerprint density at radius 2 is 2.24 bits per heavy atom. The van der Waals surface area contributed by atoms with Crippen molar-refractivity contribution in [2.75, 3.05) is 0 Å². The highest BCUT2D eigenvalue weighted by molar-refractivity contribution is 5.29. The quantitative estimate of drug-likeness (QED) is 0.751. The molecule has 0 bridgehead atoms. The highest BCUT2D eigenvalue weighted by Gasteiger charge is 2.29. The normalized spacial score (nSPS) is 26.0. The molecule has 2 unspecified atom stereocenters. The molecule has 3 N–H and O–H groups in total. The first-order valence-electron chi connectivity index (χ1n) is 6.43. The molecule has 0 saturated carbocycles. The van der Waals surface area contributed by atoms with Crippen LogP contribution in [0.4, 0.5) is 0 Å². The zero-order valence-electron chi connectivity index (χ0n) is 10.3. The summed E-state index contributed by atoms with van der Waals surface area (Å²) in [6, 6.07) is 7.55. The molecule has 3 heteroatoms. The zero-order valence-corrected chi connectivity index (χ0v) is 10.3. The van der Waals surface area contributed by atoms with Crippen molar-refractivity contribution >= 4 is 0 Å². The third kappa shape index (κ3) is 2.99. The zero-order chi connectivity index (χ0) is 12.3. The Kier molecular flexibility index (Phi) is 4.02. The number of aliphatic hydroxyl groups excluding tert-OH is 1. The van der Waals surface area contributed by atoms with Crippen LogP contribution in [0, 0.1) is 0 Å². The lowest BCUT2D eigenvalue weighted by Gasteiger charge is -2.20. The van der Waals surface area contributed by atoms with E-state index in [1.807, 2.05) is 6.07 Å². The molecule has 1 aliphatic rings. The summed E-state index contributed by atoms with van der Waals surface area (Å²) in [6.07, 6.45) is 3.95. The fourth-order valence-electron chi connectivity index (χ4n) is 2.62. The maximum atomic E-state index is 10.3. The molecule has 1 saturated heterocycles. The Hall–Kier alpha value is -1.06. The first-order valence-corrected chi connectivity index (χ1v) is 6.43. The lowest BCUT2D eigenvalue weighted by atomic mass is 10.0. The summed E-state index contributed by atoms with van der Waals surface area (Å²) in [6.45, 7) is 2.18. The number of aliphatic hydroxyl groups is 1. The van der Waals surface area contributed by atoms with Gasteiger partial charge in [-0.15, -0.1) is 0 Å². The van der Waals surface area contributed by atoms with Gasteiger partial charge in [-0.3, -0.25) is 0 Å². The van der Waals surface area contributed by atoms with Gasteiger partial charge in [0.05, 0.1) is 6.10 Å². The highest BCUT2D eigenvalue weighted by Crippen LogP contribution is 2.28. The van der Waals surface area contributed by atoms with E-state index in [-0.39, 0.29) is 11.8 Å². The predicted molar refractivity (Wildman–Crippen MR) is 67.9 cm³/mol. The summed E-state index contributed by atoms with van der Waals surface area (Å²) in [5.74, 6) is 0.213. The Balaban J connectivity index is 1.99. The van der Waals surface area contributed by atoms with Crippen molar-refractivity contribution < 1.29 is 10.2 Å². The number of rotatable bonds is 4. The largest absolute Gasteiger partial charge is 0.508 e. The number of phenols is 1. The molecule has 0 aromatic heterocycles. The molecule has 0 amide bonds. The van der Waals surface area contributed by atoms with Crippen LogP contribution >= 0.6 is 0 Å². The summed E-state index contributed by atoms with van der Waals surface area (Å²) in [5.41, 5.74) is 0.791. The molecule has 1 aromatic carbocycles. The molecular weight excluding hydrogens is 214 g/mol. The molecule has 3 atom stereocenters. The molecule has 94 valence electrons. The van der Waals surface area contributed by atoms with Crippen molar-refractivity contribution in [2.45, 2.75) is 50.8 Å². The lowest BCUT2D eigenvalue weighted by molar-refractivity contribution is 0.134. The Bertz CT molecular complexity index is 367. The van der Waals surface area contributed by atoms with E-state index in [9.17, 15) is 10.2 Å². The number of benzene rings is 1. The minimum atomic E-state index is -0.524. The van der Waals surface area contributed by atoms with E-state index in [2.05, 4.69) is 12.2 Å². The van der Waals surface area contributed by atoms with Crippen LogP contribution in [0.3, 0.4) is 0 Å². The van der Waals surface area contributed by atoms with Gasteiger partial charge in [-0.05, 0) is 37.0 Å². The summed E-state index contributed by atoms with van der Waals surface area (Å²) in [7, 11) is 0. The fourth-order valence-corrected chi connectivity index (χ4v) is 2.62. The van der Waals surface area contributed by atoms with Gasteiger partial charge in [0.25, 0.3) is 0 Å². The van der Waals surface area contributed by atoms with Crippen molar-refractivity contribution in [1.29, 1.82) is 0 Å². The maximum absolute atomic E-state index is 10.3. The summed E-state index contributed by atoms with van der Waals surface area (Å²) < 4.78 is 0. The molecule has 0 radical (unpaired) electrons. The van der Waals surface area contributed by atoms with Crippen LogP contribution in [0.15, 0.2) is 24.3 Å². The molecular formula is C14H21NO2. The van der Waals surface area contributed by atoms with Gasteiger partial charge in [-0.2, -0.15) is 0 Å². The Morgan fingerprint density at radius 3 is 2.94 bits per heavy atom. The van der Waals surface area contributed by atoms with E-state index in [1.54, 1.807) is 18.2 Å². The van der Waals surface area contributed by atoms with Crippen molar-refractivity contribution in [3.8, 4) is 5.75 Å². The molecule has 17 heavy (non-hydrogen) atoms. The molecule has 0 spiro atoms. The van der Waals surface area contributed by atoms with E-state index in [4.69, 9.17) is 0 Å². The molecule has 1 fully saturated rings. The summed E-state index contributed by atoms with van der Waals surface area (Å²) in [5, 5.41) is 23.1. The maximum Gasteiger partial charge on any atom is 0.115 e. The molecule has 1 heterocycles. The second-order valence-corrected chi connectivity index (χ2v) is 4.88. The number of phenolic OH excluding ortho intramolecular Hbond substituents is 1. The highest BCUT2D eigenvalue weighted by atomic mass is 16.3. The number of aromatic hydroxyl groups is 1. The van der Waals surface area contributed by atoms with Gasteiger partial charge in [-0.1, -0.05) is 25.5 Å². The molecule has 2 rings (SSSR count). The minimum Gasteiger partial charge on any atom is -0.508 e. The van der Waals surface area contributed by atoms with Crippen LogP contribution in [0.2, 0.25) is 0 Å². The number of nitrogens with one attached hydrogen (secondary N) is 1. The first kappa shape index (κ1) is 12.4. The van der Waals surface area contributed by atoms with Crippen LogP contribution in [0.25, 0.3) is 0 Å². The third-order valence-electron chi connectivity index (χ3n) is 3.51. The fraction of sp³-hybridized carbons (Fsp3) is 0.571. The first-order chi connectivity index (χ1) is 8.20. The van der Waals surface area contributed by atoms with Gasteiger partial charge in [0.2, 0.25) is 0 Å². The smallest absolute Gasteiger partial charge is 0.115 e. The second kappa shape index (κ2) is 5.52. The third-order valence-corrected chi connectivity index (χ3v) is 3.51. The summed E-state index contributed by atoms with van der Waals surface area (Å²) in [4.78, 5) is 0. The van der Waals surface area contributed by atoms with Gasteiger partial charge < -0.3 is 15.5 Å². The summed E-state index contributed by atoms with van der Waals surface area (Å²) >= 11 is 0. The minimum absolute atomic E-state index is 0.119. The molecule has 3 nitrogen and oxygen atoms in total. The standard InChI is InChI=1S/C14H21NO2/c1-2-4-11-7-8-13(15-11)14(17)10-5-3-6-12(16)9-10/h3,5-6,9,11,13-17H,2,4,7-8H2,1H3/t11?,13?,14-/m1/s1. The van der Waals surface area contributed by atoms with Gasteiger partial charge in [0, 0.05) is 12.1 Å². The van der Waals surface area contributed by atoms with Gasteiger partial charge in [-0.25, -0.2) is 0 Å². The van der Waals surface area contributed by atoms with Crippen molar-refractivity contribution in [3.63, 3.8) is 0 Å². The monoisotopic (exact) mass is 235 g/mol. The molecule has 0 aliphatic carbocycles. The van der Waals surface area contributed by atoms with Gasteiger partial charge in [0.15, 0.2) is 0 Å². The van der Waals surface area contributed by atoms with Crippen LogP contribution in [-0.4, -0.2) is 22.3 Å². The Morgan fingerprint density at radius 1 is 1.41 bits per heavy atom. The molecule has 1 aromatic rings.